The zero-order valence-corrected chi connectivity index (χ0v) is 14.1. The quantitative estimate of drug-likeness (QED) is 0.576. The molecule has 0 saturated heterocycles. The highest BCUT2D eigenvalue weighted by Gasteiger charge is 2.16. The van der Waals surface area contributed by atoms with E-state index in [0.29, 0.717) is 0 Å². The van der Waals surface area contributed by atoms with Crippen molar-refractivity contribution in [3.8, 4) is 0 Å². The molecule has 1 aliphatic rings. The van der Waals surface area contributed by atoms with Gasteiger partial charge < -0.3 is 4.90 Å². The van der Waals surface area contributed by atoms with Gasteiger partial charge in [-0.1, -0.05) is 74.5 Å². The predicted molar refractivity (Wildman–Crippen MR) is 101 cm³/mol. The first-order chi connectivity index (χ1) is 11.4. The summed E-state index contributed by atoms with van der Waals surface area (Å²) in [7, 11) is 0. The monoisotopic (exact) mass is 303 g/mol. The van der Waals surface area contributed by atoms with Gasteiger partial charge in [0.1, 0.15) is 0 Å². The highest BCUT2D eigenvalue weighted by atomic mass is 15.1. The summed E-state index contributed by atoms with van der Waals surface area (Å²) in [6.45, 7) is 6.15. The molecular formula is C22H25N. The van der Waals surface area contributed by atoms with E-state index in [4.69, 9.17) is 0 Å². The van der Waals surface area contributed by atoms with Gasteiger partial charge in [0.15, 0.2) is 0 Å². The lowest BCUT2D eigenvalue weighted by atomic mass is 9.99. The second-order valence-corrected chi connectivity index (χ2v) is 5.79. The number of fused-ring (bicyclic) bond motifs is 2. The topological polar surface area (TPSA) is 3.24 Å². The van der Waals surface area contributed by atoms with E-state index in [-0.39, 0.29) is 0 Å². The summed E-state index contributed by atoms with van der Waals surface area (Å²) < 4.78 is 0. The van der Waals surface area contributed by atoms with Crippen LogP contribution in [-0.4, -0.2) is 6.54 Å². The normalized spacial score (nSPS) is 13.2. The molecule has 0 fully saturated rings. The van der Waals surface area contributed by atoms with Crippen molar-refractivity contribution >= 4 is 16.5 Å². The van der Waals surface area contributed by atoms with Crippen LogP contribution in [0, 0.1) is 0 Å². The van der Waals surface area contributed by atoms with Crippen LogP contribution in [0.5, 0.6) is 0 Å². The number of hydrogen-bond donors (Lipinski definition) is 0. The maximum Gasteiger partial charge on any atom is 0.0435 e. The molecular weight excluding hydrogens is 278 g/mol. The summed E-state index contributed by atoms with van der Waals surface area (Å²) in [4.78, 5) is 2.53. The third-order valence-electron chi connectivity index (χ3n) is 4.45. The third-order valence-corrected chi connectivity index (χ3v) is 4.45. The van der Waals surface area contributed by atoms with Crippen molar-refractivity contribution in [2.45, 2.75) is 33.2 Å². The van der Waals surface area contributed by atoms with Crippen LogP contribution in [0.3, 0.4) is 0 Å². The molecule has 23 heavy (non-hydrogen) atoms. The summed E-state index contributed by atoms with van der Waals surface area (Å²) >= 11 is 0. The van der Waals surface area contributed by atoms with Gasteiger partial charge in [-0.25, -0.2) is 0 Å². The van der Waals surface area contributed by atoms with Crippen molar-refractivity contribution in [1.29, 1.82) is 0 Å². The molecule has 3 aromatic rings. The Morgan fingerprint density at radius 1 is 0.826 bits per heavy atom. The minimum absolute atomic E-state index is 0.998. The van der Waals surface area contributed by atoms with E-state index in [9.17, 15) is 0 Å². The van der Waals surface area contributed by atoms with E-state index in [1.165, 1.54) is 40.4 Å². The van der Waals surface area contributed by atoms with Crippen molar-refractivity contribution in [2.24, 2.45) is 0 Å². The molecule has 1 heteroatoms. The molecule has 0 N–H and O–H groups in total. The van der Waals surface area contributed by atoms with Crippen LogP contribution in [0.2, 0.25) is 0 Å². The molecule has 0 spiro atoms. The van der Waals surface area contributed by atoms with E-state index in [0.717, 1.165) is 13.1 Å². The Kier molecular flexibility index (Phi) is 4.97. The van der Waals surface area contributed by atoms with Gasteiger partial charge in [-0.05, 0) is 40.8 Å². The molecule has 0 radical (unpaired) electrons. The highest BCUT2D eigenvalue weighted by Crippen LogP contribution is 2.29. The van der Waals surface area contributed by atoms with Crippen molar-refractivity contribution in [3.05, 3.63) is 77.9 Å². The smallest absolute Gasteiger partial charge is 0.0435 e. The maximum absolute atomic E-state index is 2.53. The van der Waals surface area contributed by atoms with E-state index in [2.05, 4.69) is 71.6 Å². The van der Waals surface area contributed by atoms with E-state index < -0.39 is 0 Å². The Bertz CT molecular complexity index is 770. The first-order valence-corrected chi connectivity index (χ1v) is 8.71. The fourth-order valence-corrected chi connectivity index (χ4v) is 3.41. The molecule has 1 heterocycles. The Balaban J connectivity index is 0.000000753. The van der Waals surface area contributed by atoms with Gasteiger partial charge in [-0.15, -0.1) is 0 Å². The summed E-state index contributed by atoms with van der Waals surface area (Å²) in [5.74, 6) is 0. The average molecular weight is 303 g/mol. The molecule has 4 rings (SSSR count). The van der Waals surface area contributed by atoms with Gasteiger partial charge in [0.2, 0.25) is 0 Å². The lowest BCUT2D eigenvalue weighted by Crippen LogP contribution is -2.28. The molecule has 118 valence electrons. The molecule has 1 aliphatic heterocycles. The number of benzene rings is 3. The van der Waals surface area contributed by atoms with E-state index in [1.54, 1.807) is 0 Å². The molecule has 0 unspecified atom stereocenters. The van der Waals surface area contributed by atoms with Crippen LogP contribution >= 0.6 is 0 Å². The lowest BCUT2D eigenvalue weighted by molar-refractivity contribution is 0.693. The van der Waals surface area contributed by atoms with Crippen LogP contribution in [-0.2, 0) is 13.0 Å². The number of anilines is 1. The number of rotatable bonds is 2. The van der Waals surface area contributed by atoms with E-state index >= 15 is 0 Å². The molecule has 0 aromatic heterocycles. The molecule has 0 amide bonds. The number of para-hydroxylation sites is 1. The lowest BCUT2D eigenvalue weighted by Gasteiger charge is -2.31. The zero-order chi connectivity index (χ0) is 16.1. The Labute approximate surface area is 139 Å². The van der Waals surface area contributed by atoms with Gasteiger partial charge >= 0.3 is 0 Å². The Morgan fingerprint density at radius 2 is 1.57 bits per heavy atom. The SMILES string of the molecule is CC.c1ccc2c(c1)CCCN2Cc1cccc2ccccc12. The first-order valence-electron chi connectivity index (χ1n) is 8.71. The van der Waals surface area contributed by atoms with Crippen LogP contribution in [0.15, 0.2) is 66.7 Å². The standard InChI is InChI=1S/C20H19N.C2H6/c1-3-12-19-16(7-1)9-5-10-18(19)15-21-14-6-11-17-8-2-4-13-20(17)21;1-2/h1-5,7-10,12-13H,6,11,14-15H2;1-2H3. The summed E-state index contributed by atoms with van der Waals surface area (Å²) in [5, 5.41) is 2.71. The van der Waals surface area contributed by atoms with Crippen molar-refractivity contribution in [1.82, 2.24) is 0 Å². The van der Waals surface area contributed by atoms with Gasteiger partial charge in [-0.3, -0.25) is 0 Å². The molecule has 0 aliphatic carbocycles. The van der Waals surface area contributed by atoms with Crippen molar-refractivity contribution in [3.63, 3.8) is 0 Å². The van der Waals surface area contributed by atoms with Crippen LogP contribution < -0.4 is 4.90 Å². The minimum Gasteiger partial charge on any atom is -0.367 e. The summed E-state index contributed by atoms with van der Waals surface area (Å²) in [6, 6.07) is 24.2. The molecule has 0 bridgehead atoms. The first kappa shape index (κ1) is 15.6. The second-order valence-electron chi connectivity index (χ2n) is 5.79. The molecule has 1 nitrogen and oxygen atoms in total. The van der Waals surface area contributed by atoms with E-state index in [1.807, 2.05) is 13.8 Å². The summed E-state index contributed by atoms with van der Waals surface area (Å²) in [6.07, 6.45) is 2.46. The number of aryl methyl sites for hydroxylation is 1. The summed E-state index contributed by atoms with van der Waals surface area (Å²) in [5.41, 5.74) is 4.32. The minimum atomic E-state index is 0.998. The molecule has 3 aromatic carbocycles. The second kappa shape index (κ2) is 7.32. The highest BCUT2D eigenvalue weighted by molar-refractivity contribution is 5.86. The number of hydrogen-bond acceptors (Lipinski definition) is 1. The fraction of sp³-hybridized carbons (Fsp3) is 0.273. The van der Waals surface area contributed by atoms with Crippen molar-refractivity contribution < 1.29 is 0 Å². The van der Waals surface area contributed by atoms with Crippen LogP contribution in [0.4, 0.5) is 5.69 Å². The Hall–Kier alpha value is -2.28. The average Bonchev–Trinajstić information content (AvgIpc) is 2.64. The predicted octanol–water partition coefficient (Wildman–Crippen LogP) is 5.82. The maximum atomic E-state index is 2.53. The molecule has 0 saturated carbocycles. The van der Waals surface area contributed by atoms with Crippen LogP contribution in [0.1, 0.15) is 31.4 Å². The van der Waals surface area contributed by atoms with Gasteiger partial charge in [0.05, 0.1) is 0 Å². The van der Waals surface area contributed by atoms with Crippen molar-refractivity contribution in [2.75, 3.05) is 11.4 Å². The third kappa shape index (κ3) is 3.24. The molecule has 0 atom stereocenters. The Morgan fingerprint density at radius 3 is 2.48 bits per heavy atom. The number of nitrogens with zero attached hydrogens (tertiary/aromatic N) is 1. The van der Waals surface area contributed by atoms with Gasteiger partial charge in [0, 0.05) is 18.8 Å². The zero-order valence-electron chi connectivity index (χ0n) is 14.1. The van der Waals surface area contributed by atoms with Gasteiger partial charge in [0.25, 0.3) is 0 Å². The largest absolute Gasteiger partial charge is 0.367 e. The fourth-order valence-electron chi connectivity index (χ4n) is 3.41. The van der Waals surface area contributed by atoms with Gasteiger partial charge in [-0.2, -0.15) is 0 Å². The van der Waals surface area contributed by atoms with Crippen LogP contribution in [0.25, 0.3) is 10.8 Å².